The number of thioether (sulfide) groups is 1. The average molecular weight is 397 g/mol. The van der Waals surface area contributed by atoms with Gasteiger partial charge < -0.3 is 4.74 Å². The van der Waals surface area contributed by atoms with E-state index in [-0.39, 0.29) is 5.75 Å². The molecule has 130 valence electrons. The lowest BCUT2D eigenvalue weighted by atomic mass is 10.2. The smallest absolute Gasteiger partial charge is 0.317 e. The molecule has 9 heteroatoms. The highest BCUT2D eigenvalue weighted by Gasteiger charge is 2.18. The minimum atomic E-state index is -0.789. The van der Waals surface area contributed by atoms with E-state index in [0.29, 0.717) is 33.1 Å². The molecule has 0 bridgehead atoms. The summed E-state index contributed by atoms with van der Waals surface area (Å²) < 4.78 is 6.70. The highest BCUT2D eigenvalue weighted by molar-refractivity contribution is 7.99. The quantitative estimate of drug-likeness (QED) is 0.399. The molecular formula is C16H14Cl2N4O2S. The second-order valence-corrected chi connectivity index (χ2v) is 6.67. The van der Waals surface area contributed by atoms with Crippen LogP contribution in [0.1, 0.15) is 6.92 Å². The molecule has 1 heterocycles. The van der Waals surface area contributed by atoms with Crippen molar-refractivity contribution in [3.8, 4) is 17.5 Å². The predicted octanol–water partition coefficient (Wildman–Crippen LogP) is 3.99. The summed E-state index contributed by atoms with van der Waals surface area (Å²) >= 11 is 13.3. The van der Waals surface area contributed by atoms with E-state index < -0.39 is 12.1 Å². The molecule has 1 atom stereocenters. The van der Waals surface area contributed by atoms with Gasteiger partial charge in [0.25, 0.3) is 0 Å². The molecule has 0 aliphatic heterocycles. The van der Waals surface area contributed by atoms with Gasteiger partial charge in [-0.05, 0) is 25.1 Å². The molecule has 6 nitrogen and oxygen atoms in total. The molecule has 0 aliphatic rings. The largest absolute Gasteiger partial charge is 0.447 e. The zero-order valence-corrected chi connectivity index (χ0v) is 15.6. The molecule has 2 aromatic rings. The summed E-state index contributed by atoms with van der Waals surface area (Å²) in [7, 11) is 0. The highest BCUT2D eigenvalue weighted by Crippen LogP contribution is 2.31. The molecule has 0 amide bonds. The summed E-state index contributed by atoms with van der Waals surface area (Å²) in [6, 6.07) is 6.93. The number of allylic oxidation sites excluding steroid dienone is 1. The van der Waals surface area contributed by atoms with Crippen LogP contribution in [0.4, 0.5) is 0 Å². The Morgan fingerprint density at radius 2 is 2.28 bits per heavy atom. The van der Waals surface area contributed by atoms with Gasteiger partial charge in [0.05, 0.1) is 10.8 Å². The Balaban J connectivity index is 2.23. The van der Waals surface area contributed by atoms with Gasteiger partial charge in [0.1, 0.15) is 6.07 Å². The van der Waals surface area contributed by atoms with Crippen molar-refractivity contribution < 1.29 is 9.53 Å². The molecule has 2 rings (SSSR count). The lowest BCUT2D eigenvalue weighted by Gasteiger charge is -2.09. The van der Waals surface area contributed by atoms with E-state index >= 15 is 0 Å². The number of aromatic nitrogens is 3. The zero-order valence-electron chi connectivity index (χ0n) is 13.3. The van der Waals surface area contributed by atoms with Crippen molar-refractivity contribution in [2.75, 3.05) is 5.75 Å². The zero-order chi connectivity index (χ0) is 18.4. The number of hydrogen-bond acceptors (Lipinski definition) is 6. The van der Waals surface area contributed by atoms with Gasteiger partial charge in [0, 0.05) is 17.1 Å². The van der Waals surface area contributed by atoms with E-state index in [4.69, 9.17) is 33.2 Å². The number of benzene rings is 1. The van der Waals surface area contributed by atoms with Crippen LogP contribution >= 0.6 is 35.0 Å². The Morgan fingerprint density at radius 1 is 1.52 bits per heavy atom. The molecule has 0 saturated carbocycles. The van der Waals surface area contributed by atoms with Crippen LogP contribution in [-0.4, -0.2) is 32.6 Å². The fourth-order valence-corrected chi connectivity index (χ4v) is 3.16. The average Bonchev–Trinajstić information content (AvgIpc) is 2.96. The molecule has 1 aromatic heterocycles. The Labute approximate surface area is 159 Å². The lowest BCUT2D eigenvalue weighted by Crippen LogP contribution is -2.15. The van der Waals surface area contributed by atoms with Crippen molar-refractivity contribution in [1.82, 2.24) is 14.8 Å². The molecule has 0 spiro atoms. The first-order valence-electron chi connectivity index (χ1n) is 7.17. The van der Waals surface area contributed by atoms with Gasteiger partial charge in [-0.2, -0.15) is 5.26 Å². The minimum Gasteiger partial charge on any atom is -0.447 e. The van der Waals surface area contributed by atoms with E-state index in [9.17, 15) is 4.79 Å². The molecule has 0 unspecified atom stereocenters. The third-order valence-electron chi connectivity index (χ3n) is 3.01. The van der Waals surface area contributed by atoms with Gasteiger partial charge in [-0.25, -0.2) is 0 Å². The van der Waals surface area contributed by atoms with Crippen LogP contribution in [0.3, 0.4) is 0 Å². The molecular weight excluding hydrogens is 383 g/mol. The van der Waals surface area contributed by atoms with Gasteiger partial charge in [0.15, 0.2) is 17.1 Å². The number of hydrogen-bond donors (Lipinski definition) is 0. The molecule has 1 aromatic carbocycles. The number of halogens is 2. The van der Waals surface area contributed by atoms with Crippen molar-refractivity contribution in [2.24, 2.45) is 0 Å². The van der Waals surface area contributed by atoms with Gasteiger partial charge in [0.2, 0.25) is 0 Å². The number of carbonyl (C=O) groups is 1. The number of esters is 1. The van der Waals surface area contributed by atoms with E-state index in [1.165, 1.54) is 6.92 Å². The summed E-state index contributed by atoms with van der Waals surface area (Å²) in [6.45, 7) is 5.67. The summed E-state index contributed by atoms with van der Waals surface area (Å²) in [5, 5.41) is 18.4. The number of ether oxygens (including phenoxy) is 1. The predicted molar refractivity (Wildman–Crippen MR) is 97.6 cm³/mol. The fraction of sp³-hybridized carbons (Fsp3) is 0.250. The number of nitriles is 1. The molecule has 0 radical (unpaired) electrons. The van der Waals surface area contributed by atoms with E-state index in [0.717, 1.165) is 11.8 Å². The Kier molecular flexibility index (Phi) is 6.88. The number of carbonyl (C=O) groups excluding carboxylic acids is 1. The molecule has 0 saturated heterocycles. The summed E-state index contributed by atoms with van der Waals surface area (Å²) in [5.41, 5.74) is 0.674. The molecule has 25 heavy (non-hydrogen) atoms. The van der Waals surface area contributed by atoms with Crippen molar-refractivity contribution in [3.63, 3.8) is 0 Å². The van der Waals surface area contributed by atoms with Gasteiger partial charge in [-0.1, -0.05) is 41.0 Å². The maximum absolute atomic E-state index is 11.7. The topological polar surface area (TPSA) is 80.8 Å². The maximum Gasteiger partial charge on any atom is 0.317 e. The summed E-state index contributed by atoms with van der Waals surface area (Å²) in [6.07, 6.45) is 0.902. The van der Waals surface area contributed by atoms with E-state index in [1.54, 1.807) is 28.8 Å². The van der Waals surface area contributed by atoms with Gasteiger partial charge in [-0.15, -0.1) is 16.8 Å². The van der Waals surface area contributed by atoms with Crippen LogP contribution in [0, 0.1) is 11.3 Å². The second-order valence-electron chi connectivity index (χ2n) is 4.88. The van der Waals surface area contributed by atoms with E-state index in [2.05, 4.69) is 16.8 Å². The highest BCUT2D eigenvalue weighted by atomic mass is 35.5. The van der Waals surface area contributed by atoms with Crippen LogP contribution in [0.25, 0.3) is 11.4 Å². The Hall–Kier alpha value is -2.01. The lowest BCUT2D eigenvalue weighted by molar-refractivity contribution is -0.142. The van der Waals surface area contributed by atoms with Crippen LogP contribution in [0.5, 0.6) is 0 Å². The number of rotatable bonds is 7. The van der Waals surface area contributed by atoms with Gasteiger partial charge >= 0.3 is 5.97 Å². The van der Waals surface area contributed by atoms with Crippen LogP contribution in [-0.2, 0) is 16.1 Å². The Morgan fingerprint density at radius 3 is 2.92 bits per heavy atom. The van der Waals surface area contributed by atoms with E-state index in [1.807, 2.05) is 6.07 Å². The fourth-order valence-electron chi connectivity index (χ4n) is 1.94. The Bertz CT molecular complexity index is 832. The SMILES string of the molecule is C=CCn1c(SCC(=O)O[C@H](C)C#N)nnc1-c1ccc(Cl)cc1Cl. The monoisotopic (exact) mass is 396 g/mol. The second kappa shape index (κ2) is 8.90. The van der Waals surface area contributed by atoms with Crippen LogP contribution < -0.4 is 0 Å². The van der Waals surface area contributed by atoms with Crippen LogP contribution in [0.2, 0.25) is 10.0 Å². The molecule has 0 N–H and O–H groups in total. The summed E-state index contributed by atoms with van der Waals surface area (Å²) in [4.78, 5) is 11.7. The molecule has 0 aliphatic carbocycles. The van der Waals surface area contributed by atoms with Crippen molar-refractivity contribution in [3.05, 3.63) is 40.9 Å². The van der Waals surface area contributed by atoms with Crippen molar-refractivity contribution in [1.29, 1.82) is 5.26 Å². The maximum atomic E-state index is 11.7. The first-order chi connectivity index (χ1) is 12.0. The minimum absolute atomic E-state index is 0.00957. The number of nitrogens with zero attached hydrogens (tertiary/aromatic N) is 4. The standard InChI is InChI=1S/C16H14Cl2N4O2S/c1-3-6-22-15(12-5-4-11(17)7-13(12)18)20-21-16(22)25-9-14(23)24-10(2)8-19/h3-5,7,10H,1,6,9H2,2H3/t10-/m1/s1. The third kappa shape index (κ3) is 4.98. The normalized spacial score (nSPS) is 11.6. The van der Waals surface area contributed by atoms with Crippen molar-refractivity contribution >= 4 is 40.9 Å². The first-order valence-corrected chi connectivity index (χ1v) is 8.91. The first kappa shape index (κ1) is 19.3. The molecule has 0 fully saturated rings. The van der Waals surface area contributed by atoms with Crippen LogP contribution in [0.15, 0.2) is 36.0 Å². The van der Waals surface area contributed by atoms with Gasteiger partial charge in [-0.3, -0.25) is 9.36 Å². The van der Waals surface area contributed by atoms with Crippen molar-refractivity contribution in [2.45, 2.75) is 24.7 Å². The third-order valence-corrected chi connectivity index (χ3v) is 4.50. The summed E-state index contributed by atoms with van der Waals surface area (Å²) in [5.74, 6) is 0.0523.